The Labute approximate surface area is 168 Å². The maximum atomic E-state index is 12.7. The number of aryl methyl sites for hydroxylation is 2. The van der Waals surface area contributed by atoms with E-state index in [2.05, 4.69) is 28.1 Å². The van der Waals surface area contributed by atoms with Crippen LogP contribution in [-0.2, 0) is 6.42 Å². The van der Waals surface area contributed by atoms with Gasteiger partial charge in [0.1, 0.15) is 11.6 Å². The molecule has 146 valence electrons. The van der Waals surface area contributed by atoms with Crippen LogP contribution in [-0.4, -0.2) is 56.6 Å². The number of anilines is 1. The van der Waals surface area contributed by atoms with Crippen LogP contribution in [0.1, 0.15) is 35.2 Å². The molecule has 3 aromatic rings. The highest BCUT2D eigenvalue weighted by molar-refractivity contribution is 6.30. The van der Waals surface area contributed by atoms with Crippen molar-refractivity contribution in [3.05, 3.63) is 52.4 Å². The first-order chi connectivity index (χ1) is 13.6. The lowest BCUT2D eigenvalue weighted by Crippen LogP contribution is -2.49. The molecule has 0 saturated carbocycles. The van der Waals surface area contributed by atoms with Crippen LogP contribution in [0.2, 0.25) is 5.02 Å². The van der Waals surface area contributed by atoms with E-state index in [0.717, 1.165) is 37.6 Å². The Bertz CT molecular complexity index is 992. The minimum absolute atomic E-state index is 0.0412. The number of hydrogen-bond acceptors (Lipinski definition) is 5. The fourth-order valence-electron chi connectivity index (χ4n) is 3.62. The Morgan fingerprint density at radius 1 is 1.11 bits per heavy atom. The van der Waals surface area contributed by atoms with Gasteiger partial charge >= 0.3 is 0 Å². The fraction of sp³-hybridized carbons (Fsp3) is 0.400. The zero-order valence-electron chi connectivity index (χ0n) is 16.1. The Hall–Kier alpha value is -2.67. The number of piperazine rings is 1. The van der Waals surface area contributed by atoms with Gasteiger partial charge in [0, 0.05) is 48.5 Å². The van der Waals surface area contributed by atoms with Gasteiger partial charge in [-0.2, -0.15) is 4.98 Å². The van der Waals surface area contributed by atoms with Crippen LogP contribution < -0.4 is 4.90 Å². The Morgan fingerprint density at radius 2 is 1.82 bits per heavy atom. The third-order valence-electron chi connectivity index (χ3n) is 5.09. The molecule has 0 radical (unpaired) electrons. The predicted octanol–water partition coefficient (Wildman–Crippen LogP) is 3.00. The predicted molar refractivity (Wildman–Crippen MR) is 109 cm³/mol. The van der Waals surface area contributed by atoms with E-state index >= 15 is 0 Å². The number of halogens is 1. The van der Waals surface area contributed by atoms with Crippen LogP contribution in [0.3, 0.4) is 0 Å². The molecule has 28 heavy (non-hydrogen) atoms. The van der Waals surface area contributed by atoms with E-state index in [1.807, 2.05) is 16.2 Å². The molecular weight excluding hydrogens is 376 g/mol. The summed E-state index contributed by atoms with van der Waals surface area (Å²) < 4.78 is 2.02. The second kappa shape index (κ2) is 7.75. The maximum Gasteiger partial charge on any atom is 0.257 e. The lowest BCUT2D eigenvalue weighted by Gasteiger charge is -2.35. The van der Waals surface area contributed by atoms with E-state index in [9.17, 15) is 4.79 Å². The molecule has 2 aromatic heterocycles. The summed E-state index contributed by atoms with van der Waals surface area (Å²) >= 11 is 5.92. The summed E-state index contributed by atoms with van der Waals surface area (Å²) in [5, 5.41) is 9.01. The molecule has 0 aliphatic carbocycles. The highest BCUT2D eigenvalue weighted by Crippen LogP contribution is 2.20. The number of fused-ring (bicyclic) bond motifs is 1. The zero-order chi connectivity index (χ0) is 19.7. The summed E-state index contributed by atoms with van der Waals surface area (Å²) in [6.07, 6.45) is 1.99. The van der Waals surface area contributed by atoms with Crippen LogP contribution in [0.4, 0.5) is 5.82 Å². The Balaban J connectivity index is 1.50. The van der Waals surface area contributed by atoms with Crippen molar-refractivity contribution in [2.24, 2.45) is 0 Å². The second-order valence-corrected chi connectivity index (χ2v) is 7.46. The molecule has 1 fully saturated rings. The van der Waals surface area contributed by atoms with Crippen molar-refractivity contribution >= 4 is 29.1 Å². The van der Waals surface area contributed by atoms with Crippen molar-refractivity contribution in [2.45, 2.75) is 26.7 Å². The van der Waals surface area contributed by atoms with Crippen LogP contribution in [0.15, 0.2) is 30.3 Å². The lowest BCUT2D eigenvalue weighted by molar-refractivity contribution is 0.0746. The van der Waals surface area contributed by atoms with Gasteiger partial charge in [-0.3, -0.25) is 9.20 Å². The van der Waals surface area contributed by atoms with Crippen molar-refractivity contribution in [1.82, 2.24) is 24.5 Å². The highest BCUT2D eigenvalue weighted by Gasteiger charge is 2.24. The average molecular weight is 399 g/mol. The summed E-state index contributed by atoms with van der Waals surface area (Å²) in [7, 11) is 0. The number of amides is 1. The summed E-state index contributed by atoms with van der Waals surface area (Å²) in [6, 6.07) is 9.18. The highest BCUT2D eigenvalue weighted by atomic mass is 35.5. The molecule has 3 heterocycles. The minimum atomic E-state index is 0.0412. The monoisotopic (exact) mass is 398 g/mol. The molecule has 1 aliphatic heterocycles. The number of aromatic nitrogens is 4. The van der Waals surface area contributed by atoms with Gasteiger partial charge in [-0.15, -0.1) is 10.2 Å². The number of nitrogens with zero attached hydrogens (tertiary/aromatic N) is 6. The molecule has 0 atom stereocenters. The molecule has 1 saturated heterocycles. The van der Waals surface area contributed by atoms with Gasteiger partial charge in [0.2, 0.25) is 0 Å². The Morgan fingerprint density at radius 3 is 2.50 bits per heavy atom. The van der Waals surface area contributed by atoms with E-state index in [-0.39, 0.29) is 5.91 Å². The molecule has 0 spiro atoms. The van der Waals surface area contributed by atoms with Crippen molar-refractivity contribution in [2.75, 3.05) is 31.1 Å². The molecule has 7 nitrogen and oxygen atoms in total. The standard InChI is InChI=1S/C20H23ClN6O/c1-3-4-17-13-18(22-20-24-23-14(2)27(17)20)25-9-11-26(12-10-25)19(28)15-5-7-16(21)8-6-15/h5-8,13H,3-4,9-12H2,1-2H3. The summed E-state index contributed by atoms with van der Waals surface area (Å²) in [6.45, 7) is 6.89. The molecular formula is C20H23ClN6O. The van der Waals surface area contributed by atoms with Crippen molar-refractivity contribution < 1.29 is 4.79 Å². The first-order valence-electron chi connectivity index (χ1n) is 9.58. The first-order valence-corrected chi connectivity index (χ1v) is 9.96. The largest absolute Gasteiger partial charge is 0.353 e. The van der Waals surface area contributed by atoms with Gasteiger partial charge < -0.3 is 9.80 Å². The number of rotatable bonds is 4. The van der Waals surface area contributed by atoms with E-state index in [1.165, 1.54) is 5.69 Å². The number of benzene rings is 1. The SMILES string of the molecule is CCCc1cc(N2CCN(C(=O)c3ccc(Cl)cc3)CC2)nc2nnc(C)n12. The van der Waals surface area contributed by atoms with Gasteiger partial charge in [0.05, 0.1) is 0 Å². The van der Waals surface area contributed by atoms with Crippen LogP contribution >= 0.6 is 11.6 Å². The van der Waals surface area contributed by atoms with E-state index in [4.69, 9.17) is 16.6 Å². The fourth-order valence-corrected chi connectivity index (χ4v) is 3.75. The molecule has 0 bridgehead atoms. The second-order valence-electron chi connectivity index (χ2n) is 7.02. The van der Waals surface area contributed by atoms with E-state index in [0.29, 0.717) is 29.5 Å². The molecule has 1 aromatic carbocycles. The molecule has 4 rings (SSSR count). The van der Waals surface area contributed by atoms with Crippen molar-refractivity contribution in [1.29, 1.82) is 0 Å². The molecule has 0 N–H and O–H groups in total. The van der Waals surface area contributed by atoms with Gasteiger partial charge in [0.15, 0.2) is 0 Å². The normalized spacial score (nSPS) is 14.7. The molecule has 1 aliphatic rings. The van der Waals surface area contributed by atoms with Crippen LogP contribution in [0.5, 0.6) is 0 Å². The topological polar surface area (TPSA) is 66.6 Å². The number of carbonyl (C=O) groups is 1. The average Bonchev–Trinajstić information content (AvgIpc) is 3.09. The van der Waals surface area contributed by atoms with E-state index < -0.39 is 0 Å². The first kappa shape index (κ1) is 18.7. The molecule has 8 heteroatoms. The third-order valence-corrected chi connectivity index (χ3v) is 5.35. The maximum absolute atomic E-state index is 12.7. The van der Waals surface area contributed by atoms with Crippen molar-refractivity contribution in [3.8, 4) is 0 Å². The molecule has 0 unspecified atom stereocenters. The van der Waals surface area contributed by atoms with Gasteiger partial charge in [-0.05, 0) is 37.6 Å². The minimum Gasteiger partial charge on any atom is -0.353 e. The van der Waals surface area contributed by atoms with Crippen LogP contribution in [0.25, 0.3) is 5.78 Å². The summed E-state index contributed by atoms with van der Waals surface area (Å²) in [5.41, 5.74) is 1.84. The van der Waals surface area contributed by atoms with Gasteiger partial charge in [0.25, 0.3) is 11.7 Å². The van der Waals surface area contributed by atoms with Crippen LogP contribution in [0, 0.1) is 6.92 Å². The number of carbonyl (C=O) groups excluding carboxylic acids is 1. The van der Waals surface area contributed by atoms with Gasteiger partial charge in [-0.1, -0.05) is 24.9 Å². The number of hydrogen-bond donors (Lipinski definition) is 0. The summed E-state index contributed by atoms with van der Waals surface area (Å²) in [5.74, 6) is 2.44. The summed E-state index contributed by atoms with van der Waals surface area (Å²) in [4.78, 5) is 21.5. The zero-order valence-corrected chi connectivity index (χ0v) is 16.9. The Kier molecular flexibility index (Phi) is 5.17. The lowest BCUT2D eigenvalue weighted by atomic mass is 10.2. The van der Waals surface area contributed by atoms with E-state index in [1.54, 1.807) is 24.3 Å². The third kappa shape index (κ3) is 3.54. The smallest absolute Gasteiger partial charge is 0.257 e. The molecule has 1 amide bonds. The van der Waals surface area contributed by atoms with Gasteiger partial charge in [-0.25, -0.2) is 0 Å². The van der Waals surface area contributed by atoms with Crippen molar-refractivity contribution in [3.63, 3.8) is 0 Å². The quantitative estimate of drug-likeness (QED) is 0.675.